The molecule has 3 heterocycles. The second-order valence-electron chi connectivity index (χ2n) is 6.02. The van der Waals surface area contributed by atoms with Crippen molar-refractivity contribution >= 4 is 17.2 Å². The highest BCUT2D eigenvalue weighted by Crippen LogP contribution is 2.17. The molecule has 128 valence electrons. The highest BCUT2D eigenvalue weighted by molar-refractivity contribution is 7.09. The van der Waals surface area contributed by atoms with Gasteiger partial charge in [0.15, 0.2) is 0 Å². The summed E-state index contributed by atoms with van der Waals surface area (Å²) < 4.78 is 5.60. The Hall–Kier alpha value is -1.79. The summed E-state index contributed by atoms with van der Waals surface area (Å²) in [4.78, 5) is 24.6. The summed E-state index contributed by atoms with van der Waals surface area (Å²) in [5, 5.41) is 2.06. The van der Waals surface area contributed by atoms with Crippen LogP contribution in [-0.2, 0) is 22.4 Å². The third-order valence-corrected chi connectivity index (χ3v) is 5.35. The van der Waals surface area contributed by atoms with Gasteiger partial charge in [-0.2, -0.15) is 0 Å². The molecule has 24 heavy (non-hydrogen) atoms. The lowest BCUT2D eigenvalue weighted by Gasteiger charge is -2.36. The number of amides is 1. The lowest BCUT2D eigenvalue weighted by molar-refractivity contribution is -0.140. The summed E-state index contributed by atoms with van der Waals surface area (Å²) in [5.74, 6) is 0.229. The maximum absolute atomic E-state index is 12.6. The minimum absolute atomic E-state index is 0.135. The van der Waals surface area contributed by atoms with E-state index in [1.54, 1.807) is 23.7 Å². The van der Waals surface area contributed by atoms with E-state index >= 15 is 0 Å². The zero-order chi connectivity index (χ0) is 16.8. The zero-order valence-corrected chi connectivity index (χ0v) is 14.8. The molecule has 6 heteroatoms. The third-order valence-electron chi connectivity index (χ3n) is 4.41. The summed E-state index contributed by atoms with van der Waals surface area (Å²) in [6, 6.07) is 4.26. The van der Waals surface area contributed by atoms with E-state index in [2.05, 4.69) is 21.4 Å². The Kier molecular flexibility index (Phi) is 5.93. The Morgan fingerprint density at radius 3 is 3.04 bits per heavy atom. The van der Waals surface area contributed by atoms with Gasteiger partial charge in [0.25, 0.3) is 0 Å². The molecule has 1 amide bonds. The molecule has 0 radical (unpaired) electrons. The van der Waals surface area contributed by atoms with Gasteiger partial charge in [-0.15, -0.1) is 11.3 Å². The fourth-order valence-corrected chi connectivity index (χ4v) is 3.75. The molecule has 0 unspecified atom stereocenters. The van der Waals surface area contributed by atoms with Gasteiger partial charge < -0.3 is 9.64 Å². The van der Waals surface area contributed by atoms with Crippen molar-refractivity contribution in [3.63, 3.8) is 0 Å². The summed E-state index contributed by atoms with van der Waals surface area (Å²) >= 11 is 1.71. The molecule has 1 aliphatic rings. The Labute approximate surface area is 146 Å². The molecule has 2 aromatic rings. The van der Waals surface area contributed by atoms with Crippen molar-refractivity contribution in [2.45, 2.75) is 38.6 Å². The van der Waals surface area contributed by atoms with Crippen LogP contribution in [0.15, 0.2) is 29.9 Å². The number of thiophene rings is 1. The fraction of sp³-hybridized carbons (Fsp3) is 0.500. The topological polar surface area (TPSA) is 55.3 Å². The molecule has 0 spiro atoms. The first-order chi connectivity index (χ1) is 11.7. The van der Waals surface area contributed by atoms with Crippen LogP contribution >= 0.6 is 11.3 Å². The number of aromatic nitrogens is 2. The first-order valence-electron chi connectivity index (χ1n) is 8.40. The van der Waals surface area contributed by atoms with E-state index in [1.165, 1.54) is 4.88 Å². The Balaban J connectivity index is 1.56. The molecule has 1 fully saturated rings. The van der Waals surface area contributed by atoms with Crippen molar-refractivity contribution < 1.29 is 9.53 Å². The first kappa shape index (κ1) is 17.0. The van der Waals surface area contributed by atoms with Gasteiger partial charge in [0.1, 0.15) is 0 Å². The molecule has 0 saturated carbocycles. The smallest absolute Gasteiger partial charge is 0.223 e. The number of carbonyl (C=O) groups is 1. The lowest BCUT2D eigenvalue weighted by Crippen LogP contribution is -2.49. The summed E-state index contributed by atoms with van der Waals surface area (Å²) in [7, 11) is 0. The Bertz CT molecular complexity index is 660. The Morgan fingerprint density at radius 1 is 1.38 bits per heavy atom. The van der Waals surface area contributed by atoms with E-state index in [1.807, 2.05) is 17.9 Å². The van der Waals surface area contributed by atoms with Crippen LogP contribution in [0.5, 0.6) is 0 Å². The minimum atomic E-state index is 0.135. The van der Waals surface area contributed by atoms with Gasteiger partial charge in [-0.3, -0.25) is 14.8 Å². The number of hydrogen-bond donors (Lipinski definition) is 0. The van der Waals surface area contributed by atoms with E-state index in [4.69, 9.17) is 4.74 Å². The molecule has 3 rings (SSSR count). The molecular weight excluding hydrogens is 322 g/mol. The molecule has 1 aliphatic heterocycles. The van der Waals surface area contributed by atoms with Gasteiger partial charge >= 0.3 is 0 Å². The van der Waals surface area contributed by atoms with Gasteiger partial charge in [0.2, 0.25) is 5.91 Å². The largest absolute Gasteiger partial charge is 0.377 e. The molecule has 0 aliphatic carbocycles. The molecule has 0 aromatic carbocycles. The number of morpholine rings is 1. The molecule has 5 nitrogen and oxygen atoms in total. The van der Waals surface area contributed by atoms with Gasteiger partial charge in [-0.05, 0) is 37.6 Å². The zero-order valence-electron chi connectivity index (χ0n) is 14.0. The van der Waals surface area contributed by atoms with Crippen molar-refractivity contribution in [3.8, 4) is 0 Å². The highest BCUT2D eigenvalue weighted by Gasteiger charge is 2.27. The predicted octanol–water partition coefficient (Wildman–Crippen LogP) is 2.64. The summed E-state index contributed by atoms with van der Waals surface area (Å²) in [5.41, 5.74) is 1.97. The third kappa shape index (κ3) is 4.39. The number of aryl methyl sites for hydroxylation is 3. The van der Waals surface area contributed by atoms with Crippen molar-refractivity contribution in [1.82, 2.24) is 14.9 Å². The second kappa shape index (κ2) is 8.35. The average molecular weight is 345 g/mol. The van der Waals surface area contributed by atoms with E-state index in [0.29, 0.717) is 26.2 Å². The molecule has 1 saturated heterocycles. The van der Waals surface area contributed by atoms with Crippen molar-refractivity contribution in [1.29, 1.82) is 0 Å². The quantitative estimate of drug-likeness (QED) is 0.808. The van der Waals surface area contributed by atoms with Gasteiger partial charge in [-0.1, -0.05) is 6.07 Å². The maximum atomic E-state index is 12.6. The second-order valence-corrected chi connectivity index (χ2v) is 7.05. The van der Waals surface area contributed by atoms with Crippen LogP contribution in [0.3, 0.4) is 0 Å². The molecule has 1 atom stereocenters. The van der Waals surface area contributed by atoms with Crippen molar-refractivity contribution in [3.05, 3.63) is 46.2 Å². The highest BCUT2D eigenvalue weighted by atomic mass is 32.1. The van der Waals surface area contributed by atoms with Crippen LogP contribution < -0.4 is 0 Å². The minimum Gasteiger partial charge on any atom is -0.377 e. The fourth-order valence-electron chi connectivity index (χ4n) is 3.04. The molecular formula is C18H23N3O2S. The van der Waals surface area contributed by atoms with Crippen molar-refractivity contribution in [2.75, 3.05) is 19.8 Å². The lowest BCUT2D eigenvalue weighted by atomic mass is 10.1. The standard InChI is InChI=1S/C18H23N3O2S/c1-14-17(20-9-8-19-14)6-4-15-13-23-11-10-21(15)18(22)7-5-16-3-2-12-24-16/h2-3,8-9,12,15H,4-7,10-11,13H2,1H3/t15-/m0/s1. The Morgan fingerprint density at radius 2 is 2.25 bits per heavy atom. The first-order valence-corrected chi connectivity index (χ1v) is 9.28. The summed E-state index contributed by atoms with van der Waals surface area (Å²) in [6.45, 7) is 3.91. The van der Waals surface area contributed by atoms with Crippen LogP contribution in [-0.4, -0.2) is 46.6 Å². The molecule has 0 N–H and O–H groups in total. The van der Waals surface area contributed by atoms with E-state index < -0.39 is 0 Å². The van der Waals surface area contributed by atoms with E-state index in [-0.39, 0.29) is 11.9 Å². The molecule has 0 bridgehead atoms. The number of carbonyl (C=O) groups excluding carboxylic acids is 1. The monoisotopic (exact) mass is 345 g/mol. The number of hydrogen-bond acceptors (Lipinski definition) is 5. The number of rotatable bonds is 6. The van der Waals surface area contributed by atoms with Crippen LogP contribution in [0.1, 0.15) is 29.1 Å². The number of ether oxygens (including phenoxy) is 1. The average Bonchev–Trinajstić information content (AvgIpc) is 3.13. The van der Waals surface area contributed by atoms with Crippen LogP contribution in [0.4, 0.5) is 0 Å². The van der Waals surface area contributed by atoms with Crippen LogP contribution in [0.2, 0.25) is 0 Å². The van der Waals surface area contributed by atoms with Gasteiger partial charge in [0, 0.05) is 30.2 Å². The van der Waals surface area contributed by atoms with Gasteiger partial charge in [-0.25, -0.2) is 0 Å². The molecule has 2 aromatic heterocycles. The van der Waals surface area contributed by atoms with E-state index in [9.17, 15) is 4.79 Å². The maximum Gasteiger partial charge on any atom is 0.223 e. The van der Waals surface area contributed by atoms with Crippen molar-refractivity contribution in [2.24, 2.45) is 0 Å². The van der Waals surface area contributed by atoms with Crippen LogP contribution in [0.25, 0.3) is 0 Å². The SMILES string of the molecule is Cc1nccnc1CC[C@H]1COCCN1C(=O)CCc1cccs1. The number of nitrogens with zero attached hydrogens (tertiary/aromatic N) is 3. The van der Waals surface area contributed by atoms with E-state index in [0.717, 1.165) is 30.7 Å². The van der Waals surface area contributed by atoms with Gasteiger partial charge in [0.05, 0.1) is 30.6 Å². The normalized spacial score (nSPS) is 17.9. The predicted molar refractivity (Wildman–Crippen MR) is 94.1 cm³/mol. The van der Waals surface area contributed by atoms with Crippen LogP contribution in [0, 0.1) is 6.92 Å². The summed E-state index contributed by atoms with van der Waals surface area (Å²) in [6.07, 6.45) is 6.52.